The van der Waals surface area contributed by atoms with E-state index in [0.717, 1.165) is 11.3 Å². The molecule has 0 saturated carbocycles. The van der Waals surface area contributed by atoms with Crippen molar-refractivity contribution in [2.24, 2.45) is 5.92 Å². The van der Waals surface area contributed by atoms with Crippen molar-refractivity contribution in [1.29, 1.82) is 0 Å². The molecule has 0 atom stereocenters. The number of aryl methyl sites for hydroxylation is 1. The molecule has 1 saturated heterocycles. The molecule has 1 amide bonds. The Balaban J connectivity index is 1.41. The fourth-order valence-corrected chi connectivity index (χ4v) is 4.52. The van der Waals surface area contributed by atoms with Crippen molar-refractivity contribution in [3.63, 3.8) is 0 Å². The van der Waals surface area contributed by atoms with Gasteiger partial charge in [-0.3, -0.25) is 9.59 Å². The van der Waals surface area contributed by atoms with Gasteiger partial charge in [0.15, 0.2) is 5.78 Å². The number of likely N-dealkylation sites (tertiary alicyclic amines) is 1. The molecule has 2 aliphatic heterocycles. The molecule has 2 aromatic carbocycles. The van der Waals surface area contributed by atoms with Crippen molar-refractivity contribution in [2.75, 3.05) is 19.7 Å². The van der Waals surface area contributed by atoms with Gasteiger partial charge in [-0.25, -0.2) is 0 Å². The summed E-state index contributed by atoms with van der Waals surface area (Å²) in [5.74, 6) is 1.91. The summed E-state index contributed by atoms with van der Waals surface area (Å²) < 4.78 is 12.1. The molecular weight excluding hydrogens is 414 g/mol. The maximum absolute atomic E-state index is 13.0. The van der Waals surface area contributed by atoms with E-state index in [2.05, 4.69) is 13.8 Å². The highest BCUT2D eigenvalue weighted by Gasteiger charge is 2.44. The molecule has 5 nitrogen and oxygen atoms in total. The van der Waals surface area contributed by atoms with Crippen LogP contribution in [0.5, 0.6) is 11.5 Å². The van der Waals surface area contributed by atoms with Gasteiger partial charge in [-0.15, -0.1) is 0 Å². The number of carbonyl (C=O) groups is 2. The van der Waals surface area contributed by atoms with Crippen molar-refractivity contribution in [3.05, 3.63) is 58.1 Å². The zero-order valence-corrected chi connectivity index (χ0v) is 19.0. The predicted molar refractivity (Wildman–Crippen MR) is 120 cm³/mol. The molecule has 0 radical (unpaired) electrons. The number of nitrogens with zero attached hydrogens (tertiary/aromatic N) is 1. The third kappa shape index (κ3) is 4.57. The van der Waals surface area contributed by atoms with Crippen LogP contribution in [0.25, 0.3) is 0 Å². The number of rotatable bonds is 4. The SMILES string of the molecule is Cc1cc(Cl)cc2c1OC1(CCN(C(=O)c3ccc(OCC(C)C)cc3)CC1)CC2=O. The molecule has 0 unspecified atom stereocenters. The van der Waals surface area contributed by atoms with E-state index >= 15 is 0 Å². The van der Waals surface area contributed by atoms with Crippen LogP contribution in [-0.4, -0.2) is 41.9 Å². The summed E-state index contributed by atoms with van der Waals surface area (Å²) in [6.45, 7) is 7.86. The second-order valence-electron chi connectivity index (χ2n) is 9.01. The van der Waals surface area contributed by atoms with Gasteiger partial charge in [-0.2, -0.15) is 0 Å². The average Bonchev–Trinajstić information content (AvgIpc) is 2.74. The summed E-state index contributed by atoms with van der Waals surface area (Å²) in [5.41, 5.74) is 1.53. The minimum Gasteiger partial charge on any atom is -0.493 e. The number of hydrogen-bond acceptors (Lipinski definition) is 4. The number of Topliss-reactive ketones (excluding diaryl/α,β-unsaturated/α-hetero) is 1. The van der Waals surface area contributed by atoms with E-state index < -0.39 is 5.60 Å². The van der Waals surface area contributed by atoms with Gasteiger partial charge in [0, 0.05) is 36.5 Å². The summed E-state index contributed by atoms with van der Waals surface area (Å²) in [5, 5.41) is 0.546. The molecule has 2 aliphatic rings. The Morgan fingerprint density at radius 3 is 2.52 bits per heavy atom. The second-order valence-corrected chi connectivity index (χ2v) is 9.44. The minimum absolute atomic E-state index is 0.00393. The molecule has 31 heavy (non-hydrogen) atoms. The first-order chi connectivity index (χ1) is 14.8. The molecule has 1 fully saturated rings. The van der Waals surface area contributed by atoms with Gasteiger partial charge in [0.05, 0.1) is 18.6 Å². The highest BCUT2D eigenvalue weighted by Crippen LogP contribution is 2.42. The average molecular weight is 442 g/mol. The summed E-state index contributed by atoms with van der Waals surface area (Å²) >= 11 is 6.12. The molecule has 6 heteroatoms. The van der Waals surface area contributed by atoms with Crippen LogP contribution in [0.15, 0.2) is 36.4 Å². The zero-order chi connectivity index (χ0) is 22.2. The predicted octanol–water partition coefficient (Wildman–Crippen LogP) is 5.32. The molecule has 164 valence electrons. The molecule has 2 aromatic rings. The van der Waals surface area contributed by atoms with Gasteiger partial charge >= 0.3 is 0 Å². The molecule has 0 aromatic heterocycles. The molecule has 0 N–H and O–H groups in total. The van der Waals surface area contributed by atoms with Crippen LogP contribution in [0.4, 0.5) is 0 Å². The largest absolute Gasteiger partial charge is 0.493 e. The number of piperidine rings is 1. The minimum atomic E-state index is -0.548. The summed E-state index contributed by atoms with van der Waals surface area (Å²) in [4.78, 5) is 27.6. The number of fused-ring (bicyclic) bond motifs is 1. The molecule has 1 spiro atoms. The quantitative estimate of drug-likeness (QED) is 0.644. The number of ketones is 1. The molecule has 0 aliphatic carbocycles. The van der Waals surface area contributed by atoms with Crippen LogP contribution in [0.2, 0.25) is 5.02 Å². The van der Waals surface area contributed by atoms with E-state index in [1.165, 1.54) is 0 Å². The fraction of sp³-hybridized carbons (Fsp3) is 0.440. The normalized spacial score (nSPS) is 17.5. The second kappa shape index (κ2) is 8.54. The maximum atomic E-state index is 13.0. The first-order valence-electron chi connectivity index (χ1n) is 10.8. The molecule has 2 heterocycles. The van der Waals surface area contributed by atoms with Crippen molar-refractivity contribution in [3.8, 4) is 11.5 Å². The highest BCUT2D eigenvalue weighted by atomic mass is 35.5. The number of benzene rings is 2. The number of amides is 1. The topological polar surface area (TPSA) is 55.8 Å². The third-order valence-corrected chi connectivity index (χ3v) is 6.21. The Bertz CT molecular complexity index is 991. The Morgan fingerprint density at radius 2 is 1.87 bits per heavy atom. The van der Waals surface area contributed by atoms with Crippen LogP contribution < -0.4 is 9.47 Å². The van der Waals surface area contributed by atoms with Gasteiger partial charge < -0.3 is 14.4 Å². The van der Waals surface area contributed by atoms with Crippen molar-refractivity contribution in [2.45, 2.75) is 45.6 Å². The summed E-state index contributed by atoms with van der Waals surface area (Å²) in [6, 6.07) is 10.8. The Labute approximate surface area is 188 Å². The number of ether oxygens (including phenoxy) is 2. The van der Waals surface area contributed by atoms with Crippen LogP contribution >= 0.6 is 11.6 Å². The van der Waals surface area contributed by atoms with Gasteiger partial charge in [-0.1, -0.05) is 25.4 Å². The fourth-order valence-electron chi connectivity index (χ4n) is 4.25. The van der Waals surface area contributed by atoms with Crippen molar-refractivity contribution >= 4 is 23.3 Å². The van der Waals surface area contributed by atoms with E-state index in [1.807, 2.05) is 42.2 Å². The lowest BCUT2D eigenvalue weighted by molar-refractivity contribution is -0.00617. The molecular formula is C25H28ClNO4. The van der Waals surface area contributed by atoms with E-state index in [9.17, 15) is 9.59 Å². The van der Waals surface area contributed by atoms with E-state index in [0.29, 0.717) is 66.8 Å². The lowest BCUT2D eigenvalue weighted by Crippen LogP contribution is -2.52. The van der Waals surface area contributed by atoms with Gasteiger partial charge in [-0.05, 0) is 54.8 Å². The van der Waals surface area contributed by atoms with Crippen LogP contribution in [0, 0.1) is 12.8 Å². The van der Waals surface area contributed by atoms with Gasteiger partial charge in [0.2, 0.25) is 0 Å². The van der Waals surface area contributed by atoms with Gasteiger partial charge in [0.25, 0.3) is 5.91 Å². The Morgan fingerprint density at radius 1 is 1.19 bits per heavy atom. The maximum Gasteiger partial charge on any atom is 0.253 e. The third-order valence-electron chi connectivity index (χ3n) is 5.99. The molecule has 0 bridgehead atoms. The lowest BCUT2D eigenvalue weighted by atomic mass is 9.82. The number of hydrogen-bond donors (Lipinski definition) is 0. The Hall–Kier alpha value is -2.53. The van der Waals surface area contributed by atoms with E-state index in [-0.39, 0.29) is 11.7 Å². The van der Waals surface area contributed by atoms with Crippen molar-refractivity contribution in [1.82, 2.24) is 4.90 Å². The highest BCUT2D eigenvalue weighted by molar-refractivity contribution is 6.31. The van der Waals surface area contributed by atoms with Crippen molar-refractivity contribution < 1.29 is 19.1 Å². The first-order valence-corrected chi connectivity index (χ1v) is 11.2. The first kappa shape index (κ1) is 21.7. The van der Waals surface area contributed by atoms with Gasteiger partial charge in [0.1, 0.15) is 17.1 Å². The van der Waals surface area contributed by atoms with Crippen LogP contribution in [0.1, 0.15) is 59.4 Å². The standard InChI is InChI=1S/C25H28ClNO4/c1-16(2)15-30-20-6-4-18(5-7-20)24(29)27-10-8-25(9-11-27)14-22(28)21-13-19(26)12-17(3)23(21)31-25/h4-7,12-13,16H,8-11,14-15H2,1-3H3. The Kier molecular flexibility index (Phi) is 5.98. The zero-order valence-electron chi connectivity index (χ0n) is 18.2. The summed E-state index contributed by atoms with van der Waals surface area (Å²) in [7, 11) is 0. The smallest absolute Gasteiger partial charge is 0.253 e. The summed E-state index contributed by atoms with van der Waals surface area (Å²) in [6.07, 6.45) is 1.58. The number of carbonyl (C=O) groups excluding carboxylic acids is 2. The molecule has 4 rings (SSSR count). The lowest BCUT2D eigenvalue weighted by Gasteiger charge is -2.44. The van der Waals surface area contributed by atoms with Crippen LogP contribution in [0.3, 0.4) is 0 Å². The van der Waals surface area contributed by atoms with E-state index in [4.69, 9.17) is 21.1 Å². The number of halogens is 1. The van der Waals surface area contributed by atoms with E-state index in [1.54, 1.807) is 6.07 Å². The monoisotopic (exact) mass is 441 g/mol. The van der Waals surface area contributed by atoms with Crippen LogP contribution in [-0.2, 0) is 0 Å².